The zero-order valence-electron chi connectivity index (χ0n) is 13.0. The highest BCUT2D eigenvalue weighted by Gasteiger charge is 2.53. The van der Waals surface area contributed by atoms with Crippen LogP contribution < -0.4 is 10.6 Å². The molecule has 0 radical (unpaired) electrons. The molecule has 0 aromatic carbocycles. The van der Waals surface area contributed by atoms with Crippen LogP contribution in [0.5, 0.6) is 0 Å². The van der Waals surface area contributed by atoms with E-state index in [4.69, 9.17) is 17.0 Å². The highest BCUT2D eigenvalue weighted by molar-refractivity contribution is 7.71. The fourth-order valence-electron chi connectivity index (χ4n) is 3.39. The molecule has 24 heavy (non-hydrogen) atoms. The number of nitrogens with one attached hydrogen (secondary N) is 3. The minimum absolute atomic E-state index is 0.301. The van der Waals surface area contributed by atoms with Gasteiger partial charge in [-0.2, -0.15) is 0 Å². The topological polar surface area (TPSA) is 128 Å². The van der Waals surface area contributed by atoms with Crippen LogP contribution in [-0.4, -0.2) is 67.4 Å². The maximum absolute atomic E-state index is 10.7. The molecule has 2 aliphatic heterocycles. The van der Waals surface area contributed by atoms with E-state index < -0.39 is 30.6 Å². The van der Waals surface area contributed by atoms with E-state index in [1.807, 2.05) is 0 Å². The lowest BCUT2D eigenvalue weighted by molar-refractivity contribution is -0.0948. The van der Waals surface area contributed by atoms with E-state index >= 15 is 0 Å². The van der Waals surface area contributed by atoms with Crippen molar-refractivity contribution >= 4 is 34.8 Å². The van der Waals surface area contributed by atoms with Crippen LogP contribution in [0.4, 0.5) is 11.5 Å². The summed E-state index contributed by atoms with van der Waals surface area (Å²) in [5, 5.41) is 37.7. The first-order valence-electron chi connectivity index (χ1n) is 7.73. The lowest BCUT2D eigenvalue weighted by Gasteiger charge is -2.27. The third-order valence-corrected chi connectivity index (χ3v) is 4.82. The van der Waals surface area contributed by atoms with Gasteiger partial charge in [0.2, 0.25) is 0 Å². The normalized spacial score (nSPS) is 32.4. The van der Waals surface area contributed by atoms with Gasteiger partial charge in [0.25, 0.3) is 0 Å². The van der Waals surface area contributed by atoms with Crippen molar-refractivity contribution in [3.8, 4) is 0 Å². The summed E-state index contributed by atoms with van der Waals surface area (Å²) in [7, 11) is 0. The molecule has 2 aromatic heterocycles. The molecule has 0 aliphatic carbocycles. The molecule has 9 nitrogen and oxygen atoms in total. The smallest absolute Gasteiger partial charge is 0.200 e. The van der Waals surface area contributed by atoms with Gasteiger partial charge in [-0.1, -0.05) is 0 Å². The van der Waals surface area contributed by atoms with Crippen LogP contribution in [0, 0.1) is 4.77 Å². The molecule has 0 bridgehead atoms. The molecule has 2 aromatic rings. The van der Waals surface area contributed by atoms with E-state index in [9.17, 15) is 15.3 Å². The van der Waals surface area contributed by atoms with Crippen molar-refractivity contribution in [2.45, 2.75) is 31.0 Å². The van der Waals surface area contributed by atoms with Crippen LogP contribution in [0.25, 0.3) is 11.0 Å². The van der Waals surface area contributed by atoms with Crippen molar-refractivity contribution in [3.63, 3.8) is 0 Å². The number of aliphatic hydroxyl groups excluding tert-OH is 2. The number of hydrogen-bond acceptors (Lipinski definition) is 8. The summed E-state index contributed by atoms with van der Waals surface area (Å²) in [6, 6.07) is 0. The first-order valence-corrected chi connectivity index (χ1v) is 8.13. The Morgan fingerprint density at radius 2 is 2.21 bits per heavy atom. The molecular weight excluding hydrogens is 334 g/mol. The number of rotatable bonds is 2. The molecule has 0 spiro atoms. The Kier molecular flexibility index (Phi) is 3.55. The molecule has 0 unspecified atom stereocenters. The molecule has 1 fully saturated rings. The maximum atomic E-state index is 10.7. The Bertz CT molecular complexity index is 848. The second-order valence-electron chi connectivity index (χ2n) is 6.30. The van der Waals surface area contributed by atoms with Gasteiger partial charge in [0.15, 0.2) is 16.6 Å². The minimum atomic E-state index is -1.59. The summed E-state index contributed by atoms with van der Waals surface area (Å²) in [6.45, 7) is 2.52. The van der Waals surface area contributed by atoms with Gasteiger partial charge in [0.1, 0.15) is 23.6 Å². The molecule has 1 saturated heterocycles. The van der Waals surface area contributed by atoms with E-state index in [1.54, 1.807) is 10.8 Å². The van der Waals surface area contributed by atoms with E-state index in [2.05, 4.69) is 20.6 Å². The number of hydrogen-bond donors (Lipinski definition) is 6. The average Bonchev–Trinajstić information content (AvgIpc) is 2.89. The van der Waals surface area contributed by atoms with Crippen molar-refractivity contribution in [2.24, 2.45) is 0 Å². The van der Waals surface area contributed by atoms with Gasteiger partial charge in [-0.15, -0.1) is 0 Å². The summed E-state index contributed by atoms with van der Waals surface area (Å²) in [4.78, 5) is 7.41. The number of nitrogens with zero attached hydrogens (tertiary/aromatic N) is 2. The molecule has 4 rings (SSSR count). The zero-order chi connectivity index (χ0) is 17.1. The van der Waals surface area contributed by atoms with Gasteiger partial charge in [-0.25, -0.2) is 4.98 Å². The van der Waals surface area contributed by atoms with Gasteiger partial charge in [-0.3, -0.25) is 0 Å². The van der Waals surface area contributed by atoms with E-state index in [1.165, 1.54) is 6.92 Å². The minimum Gasteiger partial charge on any atom is -0.394 e. The van der Waals surface area contributed by atoms with Gasteiger partial charge in [0, 0.05) is 19.3 Å². The Morgan fingerprint density at radius 3 is 2.92 bits per heavy atom. The standard InChI is InChI=1S/C14H19N5O4S/c1-14(22)9(21)7(5-20)23-12(14)19-4-6-8-10(16-3-2-15-6)17-13(24)18-11(8)19/h4,7,9,12,15,20-22H,2-3,5H2,1H3,(H2,16,17,18,24)/t7-,9-,12-,14-/m1/s1. The molecular formula is C14H19N5O4S. The average molecular weight is 353 g/mol. The second-order valence-corrected chi connectivity index (χ2v) is 6.69. The Balaban J connectivity index is 1.92. The zero-order valence-corrected chi connectivity index (χ0v) is 13.8. The molecule has 0 amide bonds. The quantitative estimate of drug-likeness (QED) is 0.414. The number of aliphatic hydroxyl groups is 3. The molecule has 4 atom stereocenters. The lowest BCUT2D eigenvalue weighted by Crippen LogP contribution is -2.44. The summed E-state index contributed by atoms with van der Waals surface area (Å²) in [5.41, 5.74) is -0.233. The van der Waals surface area contributed by atoms with Crippen molar-refractivity contribution in [3.05, 3.63) is 11.0 Å². The lowest BCUT2D eigenvalue weighted by atomic mass is 9.96. The van der Waals surface area contributed by atoms with E-state index in [0.29, 0.717) is 17.0 Å². The van der Waals surface area contributed by atoms with Crippen LogP contribution in [-0.2, 0) is 4.74 Å². The molecule has 2 aliphatic rings. The monoisotopic (exact) mass is 353 g/mol. The van der Waals surface area contributed by atoms with Gasteiger partial charge in [0.05, 0.1) is 17.7 Å². The van der Waals surface area contributed by atoms with Gasteiger partial charge >= 0.3 is 0 Å². The van der Waals surface area contributed by atoms with Crippen molar-refractivity contribution < 1.29 is 20.1 Å². The Hall–Kier alpha value is -1.72. The van der Waals surface area contributed by atoms with Crippen molar-refractivity contribution in [1.82, 2.24) is 14.5 Å². The summed E-state index contributed by atoms with van der Waals surface area (Å²) in [5.74, 6) is 0.751. The molecule has 6 N–H and O–H groups in total. The fraction of sp³-hybridized carbons (Fsp3) is 0.571. The predicted octanol–water partition coefficient (Wildman–Crippen LogP) is -0.0671. The third kappa shape index (κ3) is 2.15. The van der Waals surface area contributed by atoms with Crippen LogP contribution >= 0.6 is 12.2 Å². The third-order valence-electron chi connectivity index (χ3n) is 4.62. The molecule has 130 valence electrons. The van der Waals surface area contributed by atoms with Crippen LogP contribution in [0.15, 0.2) is 6.20 Å². The summed E-state index contributed by atoms with van der Waals surface area (Å²) in [6.07, 6.45) is -1.21. The highest BCUT2D eigenvalue weighted by atomic mass is 32.1. The molecule has 0 saturated carbocycles. The fourth-order valence-corrected chi connectivity index (χ4v) is 3.58. The predicted molar refractivity (Wildman–Crippen MR) is 89.5 cm³/mol. The van der Waals surface area contributed by atoms with Crippen LogP contribution in [0.1, 0.15) is 13.2 Å². The number of H-pyrrole nitrogens is 1. The number of anilines is 2. The van der Waals surface area contributed by atoms with E-state index in [-0.39, 0.29) is 0 Å². The number of aromatic nitrogens is 3. The first-order chi connectivity index (χ1) is 11.4. The molecule has 10 heteroatoms. The van der Waals surface area contributed by atoms with Crippen LogP contribution in [0.3, 0.4) is 0 Å². The highest BCUT2D eigenvalue weighted by Crippen LogP contribution is 2.42. The largest absolute Gasteiger partial charge is 0.394 e. The van der Waals surface area contributed by atoms with E-state index in [0.717, 1.165) is 23.4 Å². The summed E-state index contributed by atoms with van der Waals surface area (Å²) >= 11 is 5.20. The number of ether oxygens (including phenoxy) is 1. The van der Waals surface area contributed by atoms with Crippen molar-refractivity contribution in [2.75, 3.05) is 30.3 Å². The van der Waals surface area contributed by atoms with Crippen LogP contribution in [0.2, 0.25) is 0 Å². The molecule has 4 heterocycles. The van der Waals surface area contributed by atoms with Gasteiger partial charge in [-0.05, 0) is 19.1 Å². The Labute approximate surface area is 142 Å². The SMILES string of the molecule is C[C@@]1(O)[C@H](O)[C@@H](CO)O[C@H]1n1cc2c3c([nH]c(=S)nc31)NCCN2. The van der Waals surface area contributed by atoms with Crippen molar-refractivity contribution in [1.29, 1.82) is 0 Å². The Morgan fingerprint density at radius 1 is 1.46 bits per heavy atom. The number of aromatic amines is 1. The van der Waals surface area contributed by atoms with Gasteiger partial charge < -0.3 is 40.2 Å². The first kappa shape index (κ1) is 15.8. The second kappa shape index (κ2) is 5.39. The maximum Gasteiger partial charge on any atom is 0.200 e. The summed E-state index contributed by atoms with van der Waals surface area (Å²) < 4.78 is 7.65.